The Morgan fingerprint density at radius 3 is 2.38 bits per heavy atom. The van der Waals surface area contributed by atoms with Gasteiger partial charge in [0.05, 0.1) is 19.0 Å². The van der Waals surface area contributed by atoms with Crippen LogP contribution in [-0.2, 0) is 0 Å². The number of aryl methyl sites for hydroxylation is 2. The number of methoxy groups -OCH3 is 1. The van der Waals surface area contributed by atoms with Gasteiger partial charge in [-0.1, -0.05) is 17.3 Å². The second kappa shape index (κ2) is 7.95. The molecule has 0 bridgehead atoms. The summed E-state index contributed by atoms with van der Waals surface area (Å²) in [7, 11) is 1.67. The van der Waals surface area contributed by atoms with E-state index in [0.717, 1.165) is 41.3 Å². The predicted molar refractivity (Wildman–Crippen MR) is 112 cm³/mol. The fraction of sp³-hybridized carbons (Fsp3) is 0.318. The van der Waals surface area contributed by atoms with Crippen molar-refractivity contribution >= 4 is 11.6 Å². The van der Waals surface area contributed by atoms with Crippen molar-refractivity contribution in [2.75, 3.05) is 38.2 Å². The summed E-state index contributed by atoms with van der Waals surface area (Å²) in [5, 5.41) is 8.28. The third-order valence-electron chi connectivity index (χ3n) is 5.17. The number of rotatable bonds is 4. The van der Waals surface area contributed by atoms with E-state index in [2.05, 4.69) is 27.3 Å². The van der Waals surface area contributed by atoms with Gasteiger partial charge < -0.3 is 14.5 Å². The van der Waals surface area contributed by atoms with Crippen LogP contribution >= 0.6 is 0 Å². The van der Waals surface area contributed by atoms with Gasteiger partial charge in [0.1, 0.15) is 5.75 Å². The maximum Gasteiger partial charge on any atom is 0.276 e. The third kappa shape index (κ3) is 4.08. The fourth-order valence-corrected chi connectivity index (χ4v) is 3.71. The molecule has 2 heterocycles. The van der Waals surface area contributed by atoms with Crippen LogP contribution in [0.15, 0.2) is 48.7 Å². The first kappa shape index (κ1) is 19.0. The highest BCUT2D eigenvalue weighted by molar-refractivity contribution is 5.92. The van der Waals surface area contributed by atoms with Crippen LogP contribution < -0.4 is 9.64 Å². The molecule has 0 radical (unpaired) electrons. The number of carbonyl (C=O) groups excluding carboxylic acids is 1. The van der Waals surface area contributed by atoms with Crippen LogP contribution in [0.3, 0.4) is 0 Å². The molecule has 0 N–H and O–H groups in total. The molecule has 1 aromatic heterocycles. The Labute approximate surface area is 170 Å². The van der Waals surface area contributed by atoms with E-state index in [4.69, 9.17) is 4.74 Å². The maximum absolute atomic E-state index is 12.9. The third-order valence-corrected chi connectivity index (χ3v) is 5.17. The van der Waals surface area contributed by atoms with E-state index < -0.39 is 0 Å². The van der Waals surface area contributed by atoms with Crippen molar-refractivity contribution in [3.05, 3.63) is 65.5 Å². The van der Waals surface area contributed by atoms with Crippen LogP contribution in [0, 0.1) is 13.8 Å². The Morgan fingerprint density at radius 2 is 1.69 bits per heavy atom. The molecule has 1 fully saturated rings. The summed E-state index contributed by atoms with van der Waals surface area (Å²) in [5.74, 6) is 0.759. The summed E-state index contributed by atoms with van der Waals surface area (Å²) in [5.41, 5.74) is 4.70. The first-order valence-corrected chi connectivity index (χ1v) is 9.73. The molecule has 29 heavy (non-hydrogen) atoms. The lowest BCUT2D eigenvalue weighted by atomic mass is 10.1. The average Bonchev–Trinajstić information content (AvgIpc) is 3.23. The molecule has 3 aromatic rings. The first-order chi connectivity index (χ1) is 14.0. The minimum Gasteiger partial charge on any atom is -0.497 e. The SMILES string of the molecule is COc1cccc(N2CCN(C(=O)c3cn(-c4cc(C)cc(C)c4)nn3)CC2)c1. The zero-order valence-electron chi connectivity index (χ0n) is 17.0. The van der Waals surface area contributed by atoms with Gasteiger partial charge in [0.2, 0.25) is 0 Å². The molecule has 1 aliphatic rings. The molecule has 2 aromatic carbocycles. The molecule has 0 unspecified atom stereocenters. The Kier molecular flexibility index (Phi) is 5.20. The average molecular weight is 391 g/mol. The van der Waals surface area contributed by atoms with E-state index in [-0.39, 0.29) is 5.91 Å². The molecule has 0 aliphatic carbocycles. The highest BCUT2D eigenvalue weighted by Crippen LogP contribution is 2.22. The number of piperazine rings is 1. The molecule has 1 aliphatic heterocycles. The van der Waals surface area contributed by atoms with Gasteiger partial charge in [-0.3, -0.25) is 4.79 Å². The number of benzene rings is 2. The van der Waals surface area contributed by atoms with Crippen LogP contribution in [0.4, 0.5) is 5.69 Å². The zero-order valence-corrected chi connectivity index (χ0v) is 17.0. The summed E-state index contributed by atoms with van der Waals surface area (Å²) < 4.78 is 6.97. The number of anilines is 1. The highest BCUT2D eigenvalue weighted by Gasteiger charge is 2.24. The van der Waals surface area contributed by atoms with Crippen LogP contribution in [0.1, 0.15) is 21.6 Å². The number of hydrogen-bond donors (Lipinski definition) is 0. The van der Waals surface area contributed by atoms with Crippen molar-refractivity contribution in [2.45, 2.75) is 13.8 Å². The Balaban J connectivity index is 1.43. The quantitative estimate of drug-likeness (QED) is 0.684. The number of carbonyl (C=O) groups is 1. The van der Waals surface area contributed by atoms with E-state index in [1.54, 1.807) is 18.0 Å². The molecule has 1 amide bonds. The second-order valence-electron chi connectivity index (χ2n) is 7.37. The van der Waals surface area contributed by atoms with Gasteiger partial charge in [-0.15, -0.1) is 5.10 Å². The van der Waals surface area contributed by atoms with Crippen molar-refractivity contribution in [1.29, 1.82) is 0 Å². The van der Waals surface area contributed by atoms with Crippen molar-refractivity contribution < 1.29 is 9.53 Å². The van der Waals surface area contributed by atoms with Crippen LogP contribution in [0.2, 0.25) is 0 Å². The highest BCUT2D eigenvalue weighted by atomic mass is 16.5. The Hall–Kier alpha value is -3.35. The number of aromatic nitrogens is 3. The van der Waals surface area contributed by atoms with Gasteiger partial charge in [0.15, 0.2) is 5.69 Å². The smallest absolute Gasteiger partial charge is 0.276 e. The lowest BCUT2D eigenvalue weighted by Crippen LogP contribution is -2.48. The van der Waals surface area contributed by atoms with E-state index in [9.17, 15) is 4.79 Å². The van der Waals surface area contributed by atoms with Crippen molar-refractivity contribution in [2.24, 2.45) is 0 Å². The monoisotopic (exact) mass is 391 g/mol. The minimum atomic E-state index is -0.0779. The Bertz CT molecular complexity index is 1000. The van der Waals surface area contributed by atoms with Gasteiger partial charge >= 0.3 is 0 Å². The number of nitrogens with zero attached hydrogens (tertiary/aromatic N) is 5. The van der Waals surface area contributed by atoms with Gasteiger partial charge in [0.25, 0.3) is 5.91 Å². The van der Waals surface area contributed by atoms with Crippen LogP contribution in [0.5, 0.6) is 5.75 Å². The van der Waals surface area contributed by atoms with Crippen molar-refractivity contribution in [1.82, 2.24) is 19.9 Å². The first-order valence-electron chi connectivity index (χ1n) is 9.73. The second-order valence-corrected chi connectivity index (χ2v) is 7.37. The number of hydrogen-bond acceptors (Lipinski definition) is 5. The number of amides is 1. The molecule has 4 rings (SSSR count). The van der Waals surface area contributed by atoms with Gasteiger partial charge in [0, 0.05) is 37.9 Å². The zero-order chi connectivity index (χ0) is 20.4. The fourth-order valence-electron chi connectivity index (χ4n) is 3.71. The summed E-state index contributed by atoms with van der Waals surface area (Å²) in [4.78, 5) is 17.0. The standard InChI is InChI=1S/C22H25N5O2/c1-16-11-17(2)13-19(12-16)27-15-21(23-24-27)22(28)26-9-7-25(8-10-26)18-5-4-6-20(14-18)29-3/h4-6,11-15H,7-10H2,1-3H3. The minimum absolute atomic E-state index is 0.0779. The van der Waals surface area contributed by atoms with E-state index in [0.29, 0.717) is 18.8 Å². The van der Waals surface area contributed by atoms with Gasteiger partial charge in [-0.25, -0.2) is 4.68 Å². The van der Waals surface area contributed by atoms with Gasteiger partial charge in [-0.05, 0) is 49.2 Å². The Morgan fingerprint density at radius 1 is 0.966 bits per heavy atom. The lowest BCUT2D eigenvalue weighted by molar-refractivity contribution is 0.0740. The van der Waals surface area contributed by atoms with E-state index in [1.165, 1.54) is 0 Å². The predicted octanol–water partition coefficient (Wildman–Crippen LogP) is 2.86. The largest absolute Gasteiger partial charge is 0.497 e. The van der Waals surface area contributed by atoms with E-state index >= 15 is 0 Å². The molecule has 0 spiro atoms. The van der Waals surface area contributed by atoms with Gasteiger partial charge in [-0.2, -0.15) is 0 Å². The summed E-state index contributed by atoms with van der Waals surface area (Å²) in [6.45, 7) is 6.91. The van der Waals surface area contributed by atoms with Crippen LogP contribution in [0.25, 0.3) is 5.69 Å². The molecule has 1 saturated heterocycles. The number of ether oxygens (including phenoxy) is 1. The molecule has 0 atom stereocenters. The van der Waals surface area contributed by atoms with Crippen LogP contribution in [-0.4, -0.2) is 59.1 Å². The maximum atomic E-state index is 12.9. The molecule has 0 saturated carbocycles. The summed E-state index contributed by atoms with van der Waals surface area (Å²) >= 11 is 0. The molecule has 7 heteroatoms. The summed E-state index contributed by atoms with van der Waals surface area (Å²) in [6.07, 6.45) is 1.71. The normalized spacial score (nSPS) is 14.2. The topological polar surface area (TPSA) is 63.5 Å². The summed E-state index contributed by atoms with van der Waals surface area (Å²) in [6, 6.07) is 14.2. The van der Waals surface area contributed by atoms with E-state index in [1.807, 2.05) is 49.1 Å². The molecular formula is C22H25N5O2. The molecule has 7 nitrogen and oxygen atoms in total. The van der Waals surface area contributed by atoms with Crippen molar-refractivity contribution in [3.8, 4) is 11.4 Å². The molecular weight excluding hydrogens is 366 g/mol. The van der Waals surface area contributed by atoms with Crippen molar-refractivity contribution in [3.63, 3.8) is 0 Å². The lowest BCUT2D eigenvalue weighted by Gasteiger charge is -2.35. The molecule has 150 valence electrons.